The molecule has 0 radical (unpaired) electrons. The molecule has 0 bridgehead atoms. The summed E-state index contributed by atoms with van der Waals surface area (Å²) in [6.45, 7) is 3.70. The Morgan fingerprint density at radius 3 is 2.56 bits per heavy atom. The number of para-hydroxylation sites is 1. The van der Waals surface area contributed by atoms with Gasteiger partial charge in [-0.3, -0.25) is 19.6 Å². The standard InChI is InChI=1S/C19H18N4O4/c1-12-6-4-5-7-18(12)27-16-10-14(9-15(11-16)23(25)26)20-19(24)17-8-13(2)22(3)21-17/h4-11H,1-3H3,(H,20,24). The summed E-state index contributed by atoms with van der Waals surface area (Å²) >= 11 is 0. The molecule has 3 rings (SSSR count). The van der Waals surface area contributed by atoms with E-state index in [1.807, 2.05) is 32.0 Å². The van der Waals surface area contributed by atoms with Crippen LogP contribution in [-0.2, 0) is 7.05 Å². The fraction of sp³-hybridized carbons (Fsp3) is 0.158. The van der Waals surface area contributed by atoms with E-state index >= 15 is 0 Å². The van der Waals surface area contributed by atoms with E-state index in [1.165, 1.54) is 18.2 Å². The highest BCUT2D eigenvalue weighted by Gasteiger charge is 2.16. The molecule has 0 saturated carbocycles. The van der Waals surface area contributed by atoms with Crippen LogP contribution in [0.4, 0.5) is 11.4 Å². The monoisotopic (exact) mass is 366 g/mol. The summed E-state index contributed by atoms with van der Waals surface area (Å²) in [6, 6.07) is 13.1. The van der Waals surface area contributed by atoms with Gasteiger partial charge in [-0.15, -0.1) is 0 Å². The highest BCUT2D eigenvalue weighted by Crippen LogP contribution is 2.31. The number of nitro groups is 1. The number of hydrogen-bond acceptors (Lipinski definition) is 5. The minimum Gasteiger partial charge on any atom is -0.457 e. The van der Waals surface area contributed by atoms with Crippen LogP contribution >= 0.6 is 0 Å². The first-order valence-corrected chi connectivity index (χ1v) is 8.18. The highest BCUT2D eigenvalue weighted by molar-refractivity contribution is 6.03. The van der Waals surface area contributed by atoms with Gasteiger partial charge in [0.1, 0.15) is 11.5 Å². The van der Waals surface area contributed by atoms with Crippen molar-refractivity contribution in [3.63, 3.8) is 0 Å². The van der Waals surface area contributed by atoms with Crippen LogP contribution < -0.4 is 10.1 Å². The molecule has 1 aromatic heterocycles. The van der Waals surface area contributed by atoms with Gasteiger partial charge in [0, 0.05) is 24.9 Å². The van der Waals surface area contributed by atoms with Crippen LogP contribution in [0.2, 0.25) is 0 Å². The molecule has 27 heavy (non-hydrogen) atoms. The minimum absolute atomic E-state index is 0.186. The average Bonchev–Trinajstić information content (AvgIpc) is 2.96. The quantitative estimate of drug-likeness (QED) is 0.544. The number of aryl methyl sites for hydroxylation is 3. The minimum atomic E-state index is -0.536. The number of carbonyl (C=O) groups is 1. The molecule has 8 nitrogen and oxygen atoms in total. The number of aromatic nitrogens is 2. The van der Waals surface area contributed by atoms with Crippen molar-refractivity contribution in [3.05, 3.63) is 75.6 Å². The summed E-state index contributed by atoms with van der Waals surface area (Å²) in [5.41, 5.74) is 2.00. The van der Waals surface area contributed by atoms with Gasteiger partial charge < -0.3 is 10.1 Å². The molecule has 8 heteroatoms. The topological polar surface area (TPSA) is 99.3 Å². The summed E-state index contributed by atoms with van der Waals surface area (Å²) in [6.07, 6.45) is 0. The molecule has 1 amide bonds. The van der Waals surface area contributed by atoms with Gasteiger partial charge in [-0.05, 0) is 31.5 Å². The van der Waals surface area contributed by atoms with Gasteiger partial charge >= 0.3 is 0 Å². The number of non-ortho nitro benzene ring substituents is 1. The number of amides is 1. The number of hydrogen-bond donors (Lipinski definition) is 1. The van der Waals surface area contributed by atoms with E-state index in [9.17, 15) is 14.9 Å². The maximum atomic E-state index is 12.4. The normalized spacial score (nSPS) is 10.5. The first kappa shape index (κ1) is 18.1. The lowest BCUT2D eigenvalue weighted by Gasteiger charge is -2.10. The van der Waals surface area contributed by atoms with Crippen molar-refractivity contribution in [3.8, 4) is 11.5 Å². The Labute approximate surface area is 155 Å². The van der Waals surface area contributed by atoms with Crippen LogP contribution in [0.1, 0.15) is 21.7 Å². The molecule has 0 unspecified atom stereocenters. The summed E-state index contributed by atoms with van der Waals surface area (Å²) in [5.74, 6) is 0.377. The molecular formula is C19H18N4O4. The third-order valence-corrected chi connectivity index (χ3v) is 4.03. The SMILES string of the molecule is Cc1ccccc1Oc1cc(NC(=O)c2cc(C)n(C)n2)cc([N+](=O)[O-])c1. The molecule has 0 spiro atoms. The number of ether oxygens (including phenoxy) is 1. The number of rotatable bonds is 5. The fourth-order valence-electron chi connectivity index (χ4n) is 2.48. The van der Waals surface area contributed by atoms with Crippen molar-refractivity contribution in [1.29, 1.82) is 0 Å². The van der Waals surface area contributed by atoms with Gasteiger partial charge in [-0.25, -0.2) is 0 Å². The van der Waals surface area contributed by atoms with E-state index in [0.29, 0.717) is 5.75 Å². The third kappa shape index (κ3) is 4.12. The van der Waals surface area contributed by atoms with Crippen molar-refractivity contribution in [2.45, 2.75) is 13.8 Å². The van der Waals surface area contributed by atoms with Crippen LogP contribution in [0.5, 0.6) is 11.5 Å². The maximum absolute atomic E-state index is 12.4. The van der Waals surface area contributed by atoms with Crippen molar-refractivity contribution < 1.29 is 14.5 Å². The van der Waals surface area contributed by atoms with E-state index in [0.717, 1.165) is 11.3 Å². The Hall–Kier alpha value is -3.68. The molecule has 138 valence electrons. The molecule has 0 aliphatic rings. The summed E-state index contributed by atoms with van der Waals surface area (Å²) < 4.78 is 7.35. The second kappa shape index (κ2) is 7.28. The summed E-state index contributed by atoms with van der Waals surface area (Å²) in [7, 11) is 1.73. The summed E-state index contributed by atoms with van der Waals surface area (Å²) in [5, 5.41) is 18.0. The van der Waals surface area contributed by atoms with Gasteiger partial charge in [0.2, 0.25) is 0 Å². The molecule has 1 heterocycles. The van der Waals surface area contributed by atoms with Crippen LogP contribution in [-0.4, -0.2) is 20.6 Å². The zero-order valence-electron chi connectivity index (χ0n) is 15.1. The van der Waals surface area contributed by atoms with Gasteiger partial charge in [0.25, 0.3) is 11.6 Å². The lowest BCUT2D eigenvalue weighted by Crippen LogP contribution is -2.13. The first-order valence-electron chi connectivity index (χ1n) is 8.18. The van der Waals surface area contributed by atoms with E-state index in [1.54, 1.807) is 23.9 Å². The lowest BCUT2D eigenvalue weighted by molar-refractivity contribution is -0.384. The number of nitro benzene ring substituents is 1. The Morgan fingerprint density at radius 1 is 1.19 bits per heavy atom. The number of nitrogens with zero attached hydrogens (tertiary/aromatic N) is 3. The molecular weight excluding hydrogens is 348 g/mol. The predicted molar refractivity (Wildman–Crippen MR) is 100 cm³/mol. The van der Waals surface area contributed by atoms with E-state index in [4.69, 9.17) is 4.74 Å². The van der Waals surface area contributed by atoms with Gasteiger partial charge in [-0.1, -0.05) is 18.2 Å². The summed E-state index contributed by atoms with van der Waals surface area (Å²) in [4.78, 5) is 23.1. The maximum Gasteiger partial charge on any atom is 0.276 e. The second-order valence-electron chi connectivity index (χ2n) is 6.09. The number of benzene rings is 2. The van der Waals surface area contributed by atoms with Crippen LogP contribution in [0.25, 0.3) is 0 Å². The number of anilines is 1. The smallest absolute Gasteiger partial charge is 0.276 e. The van der Waals surface area contributed by atoms with E-state index in [2.05, 4.69) is 10.4 Å². The number of nitrogens with one attached hydrogen (secondary N) is 1. The third-order valence-electron chi connectivity index (χ3n) is 4.03. The zero-order chi connectivity index (χ0) is 19.6. The molecule has 0 saturated heterocycles. The van der Waals surface area contributed by atoms with Gasteiger partial charge in [0.05, 0.1) is 16.7 Å². The Morgan fingerprint density at radius 2 is 1.93 bits per heavy atom. The molecule has 0 aliphatic carbocycles. The van der Waals surface area contributed by atoms with Crippen molar-refractivity contribution in [2.75, 3.05) is 5.32 Å². The van der Waals surface area contributed by atoms with Crippen LogP contribution in [0.3, 0.4) is 0 Å². The van der Waals surface area contributed by atoms with Crippen LogP contribution in [0, 0.1) is 24.0 Å². The van der Waals surface area contributed by atoms with E-state index in [-0.39, 0.29) is 22.8 Å². The molecule has 2 aromatic carbocycles. The fourth-order valence-corrected chi connectivity index (χ4v) is 2.48. The lowest BCUT2D eigenvalue weighted by atomic mass is 10.2. The van der Waals surface area contributed by atoms with Gasteiger partial charge in [-0.2, -0.15) is 5.10 Å². The zero-order valence-corrected chi connectivity index (χ0v) is 15.1. The van der Waals surface area contributed by atoms with Crippen molar-refractivity contribution in [1.82, 2.24) is 9.78 Å². The van der Waals surface area contributed by atoms with Crippen LogP contribution in [0.15, 0.2) is 48.5 Å². The first-order chi connectivity index (χ1) is 12.8. The van der Waals surface area contributed by atoms with Crippen molar-refractivity contribution in [2.24, 2.45) is 7.05 Å². The second-order valence-corrected chi connectivity index (χ2v) is 6.09. The average molecular weight is 366 g/mol. The van der Waals surface area contributed by atoms with Gasteiger partial charge in [0.15, 0.2) is 5.69 Å². The molecule has 0 atom stereocenters. The Balaban J connectivity index is 1.90. The van der Waals surface area contributed by atoms with E-state index < -0.39 is 10.8 Å². The Kier molecular flexibility index (Phi) is 4.89. The predicted octanol–water partition coefficient (Wildman–Crippen LogP) is 3.99. The number of carbonyl (C=O) groups excluding carboxylic acids is 1. The Bertz CT molecular complexity index is 1010. The molecule has 3 aromatic rings. The molecule has 1 N–H and O–H groups in total. The molecule has 0 aliphatic heterocycles. The largest absolute Gasteiger partial charge is 0.457 e. The highest BCUT2D eigenvalue weighted by atomic mass is 16.6. The molecule has 0 fully saturated rings. The van der Waals surface area contributed by atoms with Crippen molar-refractivity contribution >= 4 is 17.3 Å².